The van der Waals surface area contributed by atoms with Gasteiger partial charge < -0.3 is 4.74 Å². The summed E-state index contributed by atoms with van der Waals surface area (Å²) in [5.41, 5.74) is 3.98. The van der Waals surface area contributed by atoms with Gasteiger partial charge in [-0.25, -0.2) is 10.0 Å². The van der Waals surface area contributed by atoms with Crippen LogP contribution in [-0.2, 0) is 4.79 Å². The molecule has 0 bridgehead atoms. The number of Topliss-reactive ketones (excluding diaryl/α,β-unsaturated/α-hetero) is 1. The molecule has 1 saturated heterocycles. The minimum absolute atomic E-state index is 0.0634. The van der Waals surface area contributed by atoms with Crippen LogP contribution in [0.15, 0.2) is 24.3 Å². The molecule has 24 heavy (non-hydrogen) atoms. The van der Waals surface area contributed by atoms with E-state index in [1.54, 1.807) is 19.1 Å². The minimum atomic E-state index is 0.0634. The number of carbonyl (C=O) groups is 2. The van der Waals surface area contributed by atoms with Crippen LogP contribution in [0.2, 0.25) is 0 Å². The monoisotopic (exact) mass is 331 g/mol. The second-order valence-electron chi connectivity index (χ2n) is 7.06. The van der Waals surface area contributed by atoms with E-state index < -0.39 is 0 Å². The number of nitrogens with zero attached hydrogens (tertiary/aromatic N) is 1. The van der Waals surface area contributed by atoms with Crippen molar-refractivity contribution in [2.75, 3.05) is 26.2 Å². The smallest absolute Gasteiger partial charge is 0.268 e. The Kier molecular flexibility index (Phi) is 5.19. The first-order valence-corrected chi connectivity index (χ1v) is 9.00. The molecule has 1 aliphatic carbocycles. The maximum atomic E-state index is 12.1. The second-order valence-corrected chi connectivity index (χ2v) is 7.06. The number of hydrogen-bond acceptors (Lipinski definition) is 3. The number of benzene rings is 1. The van der Waals surface area contributed by atoms with Gasteiger partial charge in [0.25, 0.3) is 5.91 Å². The van der Waals surface area contributed by atoms with E-state index in [-0.39, 0.29) is 17.6 Å². The van der Waals surface area contributed by atoms with Gasteiger partial charge in [0, 0.05) is 30.7 Å². The van der Waals surface area contributed by atoms with Crippen LogP contribution in [0.25, 0.3) is 0 Å². The van der Waals surface area contributed by atoms with Gasteiger partial charge in [-0.1, -0.05) is 0 Å². The highest BCUT2D eigenvalue weighted by Gasteiger charge is 2.39. The molecule has 0 radical (unpaired) electrons. The first-order valence-electron chi connectivity index (χ1n) is 9.00. The summed E-state index contributed by atoms with van der Waals surface area (Å²) in [6, 6.07) is 7.27. The minimum Gasteiger partial charge on any atom is -0.493 e. The Morgan fingerprint density at radius 3 is 2.42 bits per heavy atom. The lowest BCUT2D eigenvalue weighted by atomic mass is 10.1. The molecule has 0 unspecified atom stereocenters. The van der Waals surface area contributed by atoms with Crippen molar-refractivity contribution in [2.45, 2.75) is 39.0 Å². The third-order valence-electron chi connectivity index (χ3n) is 4.98. The SMILES string of the molecule is CC(=O)c1ccc(OCCC[N+]2(NC(=O)C3CC3)CCCC2)cc1. The van der Waals surface area contributed by atoms with E-state index in [9.17, 15) is 9.59 Å². The molecule has 1 heterocycles. The fourth-order valence-electron chi connectivity index (χ4n) is 3.35. The van der Waals surface area contributed by atoms with Crippen molar-refractivity contribution < 1.29 is 18.9 Å². The fraction of sp³-hybridized carbons (Fsp3) is 0.579. The van der Waals surface area contributed by atoms with E-state index in [1.807, 2.05) is 12.1 Å². The summed E-state index contributed by atoms with van der Waals surface area (Å²) in [5, 5.41) is 0. The first kappa shape index (κ1) is 17.0. The molecule has 1 amide bonds. The molecular formula is C19H27N2O3+. The van der Waals surface area contributed by atoms with Crippen molar-refractivity contribution in [3.63, 3.8) is 0 Å². The number of ether oxygens (including phenoxy) is 1. The zero-order valence-electron chi connectivity index (χ0n) is 14.4. The normalized spacial score (nSPS) is 19.0. The standard InChI is InChI=1S/C19H26N2O3/c1-15(22)16-7-9-18(10-8-16)24-14-4-13-21(11-2-3-12-21)20-19(23)17-5-6-17/h7-10,17H,2-6,11-14H2,1H3/p+1. The Balaban J connectivity index is 1.45. The molecule has 130 valence electrons. The van der Waals surface area contributed by atoms with Gasteiger partial charge in [0.15, 0.2) is 5.78 Å². The van der Waals surface area contributed by atoms with E-state index >= 15 is 0 Å². The number of ketones is 1. The molecule has 1 aliphatic heterocycles. The van der Waals surface area contributed by atoms with Gasteiger partial charge in [0.1, 0.15) is 25.4 Å². The van der Waals surface area contributed by atoms with Crippen LogP contribution in [0.5, 0.6) is 5.75 Å². The molecule has 1 aromatic carbocycles. The average Bonchev–Trinajstić information content (AvgIpc) is 3.33. The van der Waals surface area contributed by atoms with Gasteiger partial charge in [-0.05, 0) is 44.0 Å². The van der Waals surface area contributed by atoms with Crippen LogP contribution in [-0.4, -0.2) is 42.5 Å². The predicted octanol–water partition coefficient (Wildman–Crippen LogP) is 2.71. The molecule has 0 atom stereocenters. The number of carbonyl (C=O) groups excluding carboxylic acids is 2. The molecule has 1 saturated carbocycles. The zero-order chi connectivity index (χ0) is 17.0. The van der Waals surface area contributed by atoms with E-state index in [2.05, 4.69) is 5.43 Å². The highest BCUT2D eigenvalue weighted by atomic mass is 16.5. The van der Waals surface area contributed by atoms with Gasteiger partial charge in [-0.2, -0.15) is 0 Å². The van der Waals surface area contributed by atoms with Crippen LogP contribution < -0.4 is 10.2 Å². The predicted molar refractivity (Wildman–Crippen MR) is 91.5 cm³/mol. The summed E-state index contributed by atoms with van der Waals surface area (Å²) in [6.45, 7) is 5.17. The molecule has 3 rings (SSSR count). The zero-order valence-corrected chi connectivity index (χ0v) is 14.4. The van der Waals surface area contributed by atoms with Crippen LogP contribution in [0.1, 0.15) is 49.4 Å². The van der Waals surface area contributed by atoms with Crippen LogP contribution in [0.4, 0.5) is 0 Å². The highest BCUT2D eigenvalue weighted by molar-refractivity contribution is 5.94. The highest BCUT2D eigenvalue weighted by Crippen LogP contribution is 2.30. The molecule has 0 aromatic heterocycles. The van der Waals surface area contributed by atoms with Gasteiger partial charge in [0.05, 0.1) is 6.61 Å². The van der Waals surface area contributed by atoms with E-state index in [4.69, 9.17) is 4.74 Å². The Morgan fingerprint density at radius 1 is 1.17 bits per heavy atom. The number of hydrogen-bond donors (Lipinski definition) is 1. The summed E-state index contributed by atoms with van der Waals surface area (Å²) in [6.07, 6.45) is 5.35. The molecular weight excluding hydrogens is 304 g/mol. The molecule has 2 aliphatic rings. The maximum absolute atomic E-state index is 12.1. The quantitative estimate of drug-likeness (QED) is 0.453. The number of likely N-dealkylation sites (tertiary alicyclic amines) is 1. The van der Waals surface area contributed by atoms with E-state index in [0.29, 0.717) is 12.2 Å². The maximum Gasteiger partial charge on any atom is 0.268 e. The fourth-order valence-corrected chi connectivity index (χ4v) is 3.35. The first-order chi connectivity index (χ1) is 11.6. The molecule has 1 N–H and O–H groups in total. The van der Waals surface area contributed by atoms with Crippen molar-refractivity contribution in [1.29, 1.82) is 0 Å². The van der Waals surface area contributed by atoms with Crippen molar-refractivity contribution in [2.24, 2.45) is 5.92 Å². The van der Waals surface area contributed by atoms with Gasteiger partial charge in [-0.15, -0.1) is 0 Å². The average molecular weight is 331 g/mol. The van der Waals surface area contributed by atoms with Crippen molar-refractivity contribution >= 4 is 11.7 Å². The third kappa shape index (κ3) is 4.35. The molecule has 2 fully saturated rings. The number of nitrogens with one attached hydrogen (secondary N) is 1. The summed E-state index contributed by atoms with van der Waals surface area (Å²) in [4.78, 5) is 23.4. The molecule has 5 heteroatoms. The lowest BCUT2D eigenvalue weighted by Crippen LogP contribution is -2.59. The van der Waals surface area contributed by atoms with Gasteiger partial charge in [0.2, 0.25) is 0 Å². The topological polar surface area (TPSA) is 55.4 Å². The number of amides is 1. The van der Waals surface area contributed by atoms with E-state index in [1.165, 1.54) is 12.8 Å². The summed E-state index contributed by atoms with van der Waals surface area (Å²) in [5.74, 6) is 1.35. The summed E-state index contributed by atoms with van der Waals surface area (Å²) < 4.78 is 6.50. The molecule has 0 spiro atoms. The van der Waals surface area contributed by atoms with Crippen molar-refractivity contribution in [3.05, 3.63) is 29.8 Å². The van der Waals surface area contributed by atoms with Crippen LogP contribution in [0.3, 0.4) is 0 Å². The third-order valence-corrected chi connectivity index (χ3v) is 4.98. The Labute approximate surface area is 143 Å². The van der Waals surface area contributed by atoms with Crippen molar-refractivity contribution in [3.8, 4) is 5.75 Å². The number of rotatable bonds is 8. The van der Waals surface area contributed by atoms with Gasteiger partial charge in [-0.3, -0.25) is 9.59 Å². The Morgan fingerprint density at radius 2 is 1.83 bits per heavy atom. The summed E-state index contributed by atoms with van der Waals surface area (Å²) in [7, 11) is 0. The largest absolute Gasteiger partial charge is 0.493 e. The van der Waals surface area contributed by atoms with E-state index in [0.717, 1.165) is 49.2 Å². The Hall–Kier alpha value is -1.88. The van der Waals surface area contributed by atoms with Gasteiger partial charge >= 0.3 is 0 Å². The number of quaternary nitrogens is 1. The summed E-state index contributed by atoms with van der Waals surface area (Å²) >= 11 is 0. The Bertz CT molecular complexity index is 587. The van der Waals surface area contributed by atoms with Crippen LogP contribution in [0, 0.1) is 5.92 Å². The van der Waals surface area contributed by atoms with Crippen molar-refractivity contribution in [1.82, 2.24) is 5.43 Å². The molecule has 1 aromatic rings. The second kappa shape index (κ2) is 7.34. The lowest BCUT2D eigenvalue weighted by molar-refractivity contribution is -0.950. The van der Waals surface area contributed by atoms with Crippen LogP contribution >= 0.6 is 0 Å². The molecule has 5 nitrogen and oxygen atoms in total. The lowest BCUT2D eigenvalue weighted by Gasteiger charge is -2.33.